The third-order valence-corrected chi connectivity index (χ3v) is 20.8. The molecule has 12 rings (SSSR count). The van der Waals surface area contributed by atoms with Crippen molar-refractivity contribution in [3.05, 3.63) is 177 Å². The number of carboxylic acid groups (broad SMARTS) is 1. The number of phenols is 3. The third kappa shape index (κ3) is 22.2. The normalized spacial score (nSPS) is 22.7. The van der Waals surface area contributed by atoms with Gasteiger partial charge in [0.15, 0.2) is 36.0 Å². The summed E-state index contributed by atoms with van der Waals surface area (Å²) in [6.45, 7) is 8.46. The molecule has 5 aliphatic rings. The predicted octanol–water partition coefficient (Wildman–Crippen LogP) is 4.98. The maximum absolute atomic E-state index is 15.9. The second-order valence-electron chi connectivity index (χ2n) is 29.9. The molecule has 7 aromatic carbocycles. The Morgan fingerprint density at radius 2 is 1.32 bits per heavy atom. The Bertz CT molecular complexity index is 4930. The van der Waals surface area contributed by atoms with E-state index < -0.39 is 249 Å². The van der Waals surface area contributed by atoms with Gasteiger partial charge >= 0.3 is 11.9 Å². The van der Waals surface area contributed by atoms with Crippen LogP contribution >= 0.6 is 23.2 Å². The monoisotopic (exact) mass is 1700 g/mol. The molecule has 0 aromatic heterocycles. The van der Waals surface area contributed by atoms with E-state index in [0.717, 1.165) is 77.4 Å². The highest BCUT2D eigenvalue weighted by Gasteiger charge is 2.49. The van der Waals surface area contributed by atoms with Gasteiger partial charge in [0.1, 0.15) is 77.3 Å². The lowest BCUT2D eigenvalue weighted by Gasteiger charge is -2.43. The van der Waals surface area contributed by atoms with Crippen LogP contribution in [0, 0.1) is 5.92 Å². The van der Waals surface area contributed by atoms with Crippen molar-refractivity contribution in [3.8, 4) is 68.2 Å². The number of aliphatic hydroxyl groups excluding tert-OH is 6. The molecule has 37 heteroatoms. The Labute approximate surface area is 697 Å². The largest absolute Gasteiger partial charge is 0.508 e. The van der Waals surface area contributed by atoms with Gasteiger partial charge in [0.2, 0.25) is 53.4 Å². The van der Waals surface area contributed by atoms with E-state index in [0.29, 0.717) is 6.42 Å². The first-order chi connectivity index (χ1) is 56.8. The van der Waals surface area contributed by atoms with Gasteiger partial charge < -0.3 is 132 Å². The van der Waals surface area contributed by atoms with Crippen LogP contribution in [0.4, 0.5) is 0 Å². The molecule has 0 aliphatic carbocycles. The summed E-state index contributed by atoms with van der Waals surface area (Å²) >= 11 is 14.1. The second kappa shape index (κ2) is 39.7. The van der Waals surface area contributed by atoms with E-state index in [-0.39, 0.29) is 47.9 Å². The number of halogens is 2. The van der Waals surface area contributed by atoms with E-state index in [2.05, 4.69) is 31.9 Å². The van der Waals surface area contributed by atoms with Crippen molar-refractivity contribution >= 4 is 76.5 Å². The first-order valence-corrected chi connectivity index (χ1v) is 38.6. The molecule has 7 aromatic rings. The number of esters is 1. The fourth-order valence-electron chi connectivity index (χ4n) is 13.7. The van der Waals surface area contributed by atoms with E-state index in [9.17, 15) is 84.6 Å². The number of fused-ring (bicyclic) bond motifs is 16. The summed E-state index contributed by atoms with van der Waals surface area (Å²) in [7, 11) is 1.19. The Hall–Kier alpha value is -11.3. The van der Waals surface area contributed by atoms with E-state index in [4.69, 9.17) is 72.6 Å². The number of ether oxygens (including phenoxy) is 8. The van der Waals surface area contributed by atoms with Gasteiger partial charge in [0.25, 0.3) is 0 Å². The van der Waals surface area contributed by atoms with Crippen molar-refractivity contribution in [3.63, 3.8) is 0 Å². The van der Waals surface area contributed by atoms with Crippen molar-refractivity contribution in [1.29, 1.82) is 0 Å². The fraction of sp³-hybridized carbons (Fsp3) is 0.386. The lowest BCUT2D eigenvalue weighted by molar-refractivity contribution is -0.320. The van der Waals surface area contributed by atoms with E-state index in [1.807, 2.05) is 68.4 Å². The Kier molecular flexibility index (Phi) is 30.1. The Morgan fingerprint density at radius 1 is 0.692 bits per heavy atom. The summed E-state index contributed by atoms with van der Waals surface area (Å²) in [5.41, 5.74) is 10.3. The number of carbonyl (C=O) groups is 9. The maximum atomic E-state index is 15.9. The predicted molar refractivity (Wildman–Crippen MR) is 426 cm³/mol. The minimum atomic E-state index is -2.35. The molecule has 1 saturated heterocycles. The molecule has 0 saturated carbocycles. The lowest BCUT2D eigenvalue weighted by Crippen LogP contribution is -2.62. The second-order valence-corrected chi connectivity index (χ2v) is 30.7. The zero-order valence-electron chi connectivity index (χ0n) is 65.8. The molecule has 642 valence electrons. The van der Waals surface area contributed by atoms with Crippen LogP contribution in [0.1, 0.15) is 131 Å². The molecule has 13 unspecified atom stereocenters. The van der Waals surface area contributed by atoms with E-state index in [1.165, 1.54) is 39.2 Å². The zero-order valence-corrected chi connectivity index (χ0v) is 67.3. The maximum Gasteiger partial charge on any atom is 0.336 e. The number of hydrogen-bond donors (Lipinski definition) is 18. The van der Waals surface area contributed by atoms with Gasteiger partial charge in [-0.05, 0) is 134 Å². The molecule has 35 nitrogen and oxygen atoms in total. The van der Waals surface area contributed by atoms with Crippen LogP contribution in [0.25, 0.3) is 22.3 Å². The SMILES string of the molecule is COC(=O)C(CNC(C)(C)C(O)C(C)OC(C)OC1C(Oc2c3cc4cc2Oc2ccc(cc2Cl)[C@@H](O)CC(=O)NC(C(=O)O)c2cc(O)cc(O)c2-c2cc(ccc2O)[C@H](C(N)=O)NC(=O)C4NC(=O)C(CC(N)=O)NC(=O)[C@@H](NC(=O)CCC(C)C)C(O)c2ccc(c(Cl)c2)O3)OC(CO)C(O)C1O)OCc1ccc(-c2ccccc2)cc1. The van der Waals surface area contributed by atoms with Crippen LogP contribution in [0.2, 0.25) is 10.0 Å². The number of nitrogens with one attached hydrogen (secondary N) is 6. The van der Waals surface area contributed by atoms with Crippen LogP contribution in [0.3, 0.4) is 0 Å². The molecule has 0 radical (unpaired) electrons. The van der Waals surface area contributed by atoms with Gasteiger partial charge in [-0.15, -0.1) is 0 Å². The molecular weight excluding hydrogens is 1610 g/mol. The molecule has 5 heterocycles. The smallest absolute Gasteiger partial charge is 0.336 e. The van der Waals surface area contributed by atoms with Gasteiger partial charge in [-0.1, -0.05) is 110 Å². The van der Waals surface area contributed by atoms with Crippen molar-refractivity contribution in [2.75, 3.05) is 20.3 Å². The van der Waals surface area contributed by atoms with Gasteiger partial charge in [0.05, 0.1) is 61.5 Å². The van der Waals surface area contributed by atoms with Crippen LogP contribution in [-0.2, 0) is 73.4 Å². The Balaban J connectivity index is 1.10. The average molecular weight is 1710 g/mol. The van der Waals surface area contributed by atoms with Crippen LogP contribution in [-0.4, -0.2) is 198 Å². The number of primary amides is 2. The summed E-state index contributed by atoms with van der Waals surface area (Å²) in [5.74, 6) is -16.6. The number of carbonyl (C=O) groups excluding carboxylic acids is 8. The number of phenolic OH excluding ortho intramolecular Hbond substituents is 3. The molecule has 16 atom stereocenters. The highest BCUT2D eigenvalue weighted by molar-refractivity contribution is 6.32. The first kappa shape index (κ1) is 91.0. The summed E-state index contributed by atoms with van der Waals surface area (Å²) in [6, 6.07) is 19.8. The summed E-state index contributed by atoms with van der Waals surface area (Å²) < 4.78 is 50.0. The summed E-state index contributed by atoms with van der Waals surface area (Å²) in [5, 5.41) is 130. The minimum Gasteiger partial charge on any atom is -0.508 e. The van der Waals surface area contributed by atoms with Crippen molar-refractivity contribution in [2.24, 2.45) is 17.4 Å². The molecule has 0 spiro atoms. The zero-order chi connectivity index (χ0) is 87.5. The molecule has 7 amide bonds. The number of carboxylic acids is 1. The lowest BCUT2D eigenvalue weighted by atomic mass is 9.90. The van der Waals surface area contributed by atoms with Gasteiger partial charge in [-0.3, -0.25) is 33.6 Å². The van der Waals surface area contributed by atoms with Gasteiger partial charge in [0, 0.05) is 41.3 Å². The number of nitrogens with two attached hydrogens (primary N) is 2. The molecule has 120 heavy (non-hydrogen) atoms. The summed E-state index contributed by atoms with van der Waals surface area (Å²) in [6.07, 6.45) is -21.1. The quantitative estimate of drug-likeness (QED) is 0.0265. The van der Waals surface area contributed by atoms with Crippen molar-refractivity contribution < 1.29 is 132 Å². The van der Waals surface area contributed by atoms with E-state index in [1.54, 1.807) is 13.8 Å². The number of rotatable bonds is 25. The highest BCUT2D eigenvalue weighted by atomic mass is 35.5. The number of methoxy groups -OCH3 is 1. The van der Waals surface area contributed by atoms with Gasteiger partial charge in [-0.25, -0.2) is 9.59 Å². The summed E-state index contributed by atoms with van der Waals surface area (Å²) in [4.78, 5) is 127. The molecule has 5 aliphatic heterocycles. The highest BCUT2D eigenvalue weighted by Crippen LogP contribution is 2.50. The number of amides is 7. The third-order valence-electron chi connectivity index (χ3n) is 20.2. The van der Waals surface area contributed by atoms with Gasteiger partial charge in [-0.2, -0.15) is 0 Å². The topological polar surface area (TPSA) is 554 Å². The molecule has 1 fully saturated rings. The molecule has 20 N–H and O–H groups in total. The van der Waals surface area contributed by atoms with Crippen LogP contribution in [0.5, 0.6) is 46.0 Å². The van der Waals surface area contributed by atoms with E-state index >= 15 is 9.59 Å². The molecular formula is C83H94Cl2N8O27. The minimum absolute atomic E-state index is 0.000668. The van der Waals surface area contributed by atoms with Crippen molar-refractivity contribution in [2.45, 2.75) is 177 Å². The Morgan fingerprint density at radius 3 is 1.93 bits per heavy atom. The van der Waals surface area contributed by atoms with Crippen molar-refractivity contribution in [1.82, 2.24) is 31.9 Å². The number of hydrogen-bond acceptors (Lipinski definition) is 27. The number of benzene rings is 7. The van der Waals surface area contributed by atoms with Crippen LogP contribution < -0.4 is 57.6 Å². The van der Waals surface area contributed by atoms with Crippen LogP contribution in [0.15, 0.2) is 133 Å². The molecule has 9 bridgehead atoms. The number of aliphatic carboxylic acids is 1. The number of aliphatic hydroxyl groups is 6. The fourth-order valence-corrected chi connectivity index (χ4v) is 14.1. The average Bonchev–Trinajstić information content (AvgIpc) is 0.768. The number of aromatic hydroxyl groups is 3. The first-order valence-electron chi connectivity index (χ1n) is 37.9. The standard InChI is InChI=1S/C83H94Cl2N8O27/c1-37(2)13-24-63(100)90-69-70(102)45-20-23-57(51(85)27-45)118-59-29-46-28-58(73(59)120-82-74(72(104)71(103)61(35-94)119-82)116-39(4)115-38(3)75(105)83(5,6)88-34-60(81(112)113-7)114-36-40-14-16-42(17-15-40)41-11-9-8-10-12-41)117-56-22-19-43(26-50(56)84)54(97)33-64(101)91-68(80(110)111)49-30-47(95)31-55(98)65(49)48-25-44(18-21-53(48)96)66(76(87)106)92-78(108)67(46)93-77(107)52(32-62(86)99)89-79(69)109/h8-12,14-23,25-31,37-39,52,54,60-61,66-72,74-75,82,88,94-98,102-105H,13,24,32-36H2,1-7H3,(H2,86,99)(H2,87,106)(H,89,109)(H,90,100)(H,91,101)(H,92,108)(H,93,107)(H,110,111)/t38?,39?,52?,54-,60?,61?,66+,67?,68?,69-,70?,71?,72?,74?,75?,82?/m0/s1.